The number of nitrogens with zero attached hydrogens (tertiary/aromatic N) is 1. The standard InChI is InChI=1S/C28H26N2O5/c1-18-8-9-19(2)24(14-18)30-16-22(15-26(30)32)27(33)29-23-12-10-21(11-13-23)28(34)35-17-25(31)20-6-4-3-5-7-20/h3-14,22H,15-17H2,1-2H3,(H,29,33)/t22-/m1/s1. The summed E-state index contributed by atoms with van der Waals surface area (Å²) in [7, 11) is 0. The highest BCUT2D eigenvalue weighted by molar-refractivity contribution is 6.04. The summed E-state index contributed by atoms with van der Waals surface area (Å²) in [4.78, 5) is 51.4. The van der Waals surface area contributed by atoms with Crippen molar-refractivity contribution in [2.24, 2.45) is 5.92 Å². The van der Waals surface area contributed by atoms with E-state index in [1.807, 2.05) is 32.0 Å². The Morgan fingerprint density at radius 3 is 2.37 bits per heavy atom. The van der Waals surface area contributed by atoms with Gasteiger partial charge in [0.25, 0.3) is 0 Å². The molecular formula is C28H26N2O5. The van der Waals surface area contributed by atoms with Crippen LogP contribution in [0.5, 0.6) is 0 Å². The second kappa shape index (κ2) is 10.3. The van der Waals surface area contributed by atoms with E-state index in [1.165, 1.54) is 12.1 Å². The molecule has 0 bridgehead atoms. The molecule has 1 N–H and O–H groups in total. The van der Waals surface area contributed by atoms with Crippen molar-refractivity contribution in [3.05, 3.63) is 95.1 Å². The molecule has 35 heavy (non-hydrogen) atoms. The molecule has 1 heterocycles. The smallest absolute Gasteiger partial charge is 0.338 e. The molecule has 1 atom stereocenters. The topological polar surface area (TPSA) is 92.8 Å². The maximum atomic E-state index is 12.8. The van der Waals surface area contributed by atoms with E-state index >= 15 is 0 Å². The number of amides is 2. The van der Waals surface area contributed by atoms with Crippen LogP contribution in [0, 0.1) is 19.8 Å². The van der Waals surface area contributed by atoms with Crippen LogP contribution in [0.1, 0.15) is 38.3 Å². The lowest BCUT2D eigenvalue weighted by Gasteiger charge is -2.19. The molecule has 3 aromatic rings. The molecule has 7 nitrogen and oxygen atoms in total. The first-order valence-electron chi connectivity index (χ1n) is 11.4. The molecule has 2 amide bonds. The van der Waals surface area contributed by atoms with Gasteiger partial charge in [-0.3, -0.25) is 14.4 Å². The van der Waals surface area contributed by atoms with Crippen LogP contribution in [-0.2, 0) is 14.3 Å². The van der Waals surface area contributed by atoms with Crippen LogP contribution in [0.15, 0.2) is 72.8 Å². The number of esters is 1. The largest absolute Gasteiger partial charge is 0.454 e. The Balaban J connectivity index is 1.32. The first kappa shape index (κ1) is 23.9. The fourth-order valence-electron chi connectivity index (χ4n) is 3.98. The molecule has 0 saturated carbocycles. The van der Waals surface area contributed by atoms with E-state index in [0.717, 1.165) is 16.8 Å². The van der Waals surface area contributed by atoms with E-state index in [9.17, 15) is 19.2 Å². The van der Waals surface area contributed by atoms with Crippen molar-refractivity contribution in [3.8, 4) is 0 Å². The molecule has 7 heteroatoms. The Morgan fingerprint density at radius 2 is 1.66 bits per heavy atom. The van der Waals surface area contributed by atoms with Gasteiger partial charge in [0.2, 0.25) is 11.8 Å². The van der Waals surface area contributed by atoms with Gasteiger partial charge in [-0.2, -0.15) is 0 Å². The van der Waals surface area contributed by atoms with E-state index in [1.54, 1.807) is 47.4 Å². The van der Waals surface area contributed by atoms with Gasteiger partial charge in [0.05, 0.1) is 11.5 Å². The van der Waals surface area contributed by atoms with Crippen molar-refractivity contribution < 1.29 is 23.9 Å². The lowest BCUT2D eigenvalue weighted by molar-refractivity contribution is -0.122. The number of carbonyl (C=O) groups excluding carboxylic acids is 4. The number of ether oxygens (including phenoxy) is 1. The van der Waals surface area contributed by atoms with Crippen LogP contribution < -0.4 is 10.2 Å². The van der Waals surface area contributed by atoms with Gasteiger partial charge in [-0.1, -0.05) is 42.5 Å². The monoisotopic (exact) mass is 470 g/mol. The SMILES string of the molecule is Cc1ccc(C)c(N2C[C@H](C(=O)Nc3ccc(C(=O)OCC(=O)c4ccccc4)cc3)CC2=O)c1. The molecule has 0 unspecified atom stereocenters. The first-order chi connectivity index (χ1) is 16.8. The number of ketones is 1. The third-order valence-corrected chi connectivity index (χ3v) is 5.97. The van der Waals surface area contributed by atoms with Gasteiger partial charge >= 0.3 is 5.97 Å². The summed E-state index contributed by atoms with van der Waals surface area (Å²) in [5.41, 5.74) is 4.11. The predicted octanol–water partition coefficient (Wildman–Crippen LogP) is 4.33. The number of Topliss-reactive ketones (excluding diaryl/α,β-unsaturated/α-hetero) is 1. The maximum Gasteiger partial charge on any atom is 0.338 e. The number of rotatable bonds is 7. The highest BCUT2D eigenvalue weighted by Crippen LogP contribution is 2.29. The third-order valence-electron chi connectivity index (χ3n) is 5.97. The van der Waals surface area contributed by atoms with Crippen LogP contribution >= 0.6 is 0 Å². The summed E-state index contributed by atoms with van der Waals surface area (Å²) in [6, 6.07) is 20.7. The molecular weight excluding hydrogens is 444 g/mol. The predicted molar refractivity (Wildman–Crippen MR) is 133 cm³/mol. The summed E-state index contributed by atoms with van der Waals surface area (Å²) in [6.45, 7) is 3.87. The Bertz CT molecular complexity index is 1270. The van der Waals surface area contributed by atoms with E-state index in [0.29, 0.717) is 17.8 Å². The molecule has 1 saturated heterocycles. The summed E-state index contributed by atoms with van der Waals surface area (Å²) in [6.07, 6.45) is 0.138. The molecule has 1 fully saturated rings. The zero-order chi connectivity index (χ0) is 24.9. The zero-order valence-corrected chi connectivity index (χ0v) is 19.6. The van der Waals surface area contributed by atoms with Crippen molar-refractivity contribution in [1.82, 2.24) is 0 Å². The fourth-order valence-corrected chi connectivity index (χ4v) is 3.98. The molecule has 1 aliphatic heterocycles. The third kappa shape index (κ3) is 5.63. The summed E-state index contributed by atoms with van der Waals surface area (Å²) < 4.78 is 5.11. The number of benzene rings is 3. The second-order valence-electron chi connectivity index (χ2n) is 8.63. The molecule has 1 aliphatic rings. The van der Waals surface area contributed by atoms with Crippen molar-refractivity contribution >= 4 is 34.9 Å². The Morgan fingerprint density at radius 1 is 0.943 bits per heavy atom. The minimum absolute atomic E-state index is 0.0815. The minimum Gasteiger partial charge on any atom is -0.454 e. The van der Waals surface area contributed by atoms with Crippen molar-refractivity contribution in [2.75, 3.05) is 23.4 Å². The van der Waals surface area contributed by atoms with Crippen LogP contribution in [0.2, 0.25) is 0 Å². The minimum atomic E-state index is -0.627. The van der Waals surface area contributed by atoms with E-state index in [-0.39, 0.29) is 36.2 Å². The van der Waals surface area contributed by atoms with Crippen LogP contribution in [0.4, 0.5) is 11.4 Å². The second-order valence-corrected chi connectivity index (χ2v) is 8.63. The number of hydrogen-bond acceptors (Lipinski definition) is 5. The number of aryl methyl sites for hydroxylation is 2. The van der Waals surface area contributed by atoms with E-state index in [4.69, 9.17) is 4.74 Å². The molecule has 4 rings (SSSR count). The Kier molecular flexibility index (Phi) is 7.06. The Labute approximate surface area is 203 Å². The van der Waals surface area contributed by atoms with Gasteiger partial charge in [0.1, 0.15) is 0 Å². The van der Waals surface area contributed by atoms with E-state index in [2.05, 4.69) is 5.32 Å². The Hall–Kier alpha value is -4.26. The maximum absolute atomic E-state index is 12.8. The van der Waals surface area contributed by atoms with E-state index < -0.39 is 11.9 Å². The highest BCUT2D eigenvalue weighted by atomic mass is 16.5. The molecule has 0 spiro atoms. The van der Waals surface area contributed by atoms with Crippen LogP contribution in [0.3, 0.4) is 0 Å². The molecule has 178 valence electrons. The lowest BCUT2D eigenvalue weighted by atomic mass is 10.1. The molecule has 0 radical (unpaired) electrons. The normalized spacial score (nSPS) is 15.1. The van der Waals surface area contributed by atoms with Gasteiger partial charge in [-0.25, -0.2) is 4.79 Å². The van der Waals surface area contributed by atoms with Crippen molar-refractivity contribution in [2.45, 2.75) is 20.3 Å². The molecule has 0 aromatic heterocycles. The van der Waals surface area contributed by atoms with Crippen LogP contribution in [0.25, 0.3) is 0 Å². The van der Waals surface area contributed by atoms with Gasteiger partial charge in [-0.15, -0.1) is 0 Å². The van der Waals surface area contributed by atoms with Gasteiger partial charge in [0.15, 0.2) is 12.4 Å². The number of carbonyl (C=O) groups is 4. The number of nitrogens with one attached hydrogen (secondary N) is 1. The number of anilines is 2. The lowest BCUT2D eigenvalue weighted by Crippen LogP contribution is -2.28. The number of hydrogen-bond donors (Lipinski definition) is 1. The average Bonchev–Trinajstić information content (AvgIpc) is 3.26. The quantitative estimate of drug-likeness (QED) is 0.410. The average molecular weight is 471 g/mol. The summed E-state index contributed by atoms with van der Waals surface area (Å²) in [5, 5.41) is 2.82. The highest BCUT2D eigenvalue weighted by Gasteiger charge is 2.35. The summed E-state index contributed by atoms with van der Waals surface area (Å²) >= 11 is 0. The van der Waals surface area contributed by atoms with Gasteiger partial charge < -0.3 is 15.0 Å². The molecule has 3 aromatic carbocycles. The molecule has 0 aliphatic carbocycles. The van der Waals surface area contributed by atoms with Gasteiger partial charge in [-0.05, 0) is 55.3 Å². The van der Waals surface area contributed by atoms with Crippen molar-refractivity contribution in [3.63, 3.8) is 0 Å². The van der Waals surface area contributed by atoms with Gasteiger partial charge in [0, 0.05) is 29.9 Å². The van der Waals surface area contributed by atoms with Crippen LogP contribution in [-0.4, -0.2) is 36.7 Å². The first-order valence-corrected chi connectivity index (χ1v) is 11.4. The zero-order valence-electron chi connectivity index (χ0n) is 19.6. The summed E-state index contributed by atoms with van der Waals surface area (Å²) in [5.74, 6) is -1.73. The van der Waals surface area contributed by atoms with Crippen molar-refractivity contribution in [1.29, 1.82) is 0 Å². The fraction of sp³-hybridized carbons (Fsp3) is 0.214.